The molecule has 9 heteroatoms. The van der Waals surface area contributed by atoms with E-state index in [0.717, 1.165) is 9.71 Å². The van der Waals surface area contributed by atoms with Gasteiger partial charge in [0.1, 0.15) is 0 Å². The van der Waals surface area contributed by atoms with Gasteiger partial charge in [-0.1, -0.05) is 0 Å². The van der Waals surface area contributed by atoms with Crippen molar-refractivity contribution in [2.75, 3.05) is 0 Å². The molecular formula is C13H12N4O3S2. The van der Waals surface area contributed by atoms with Crippen LogP contribution in [0.2, 0.25) is 0 Å². The van der Waals surface area contributed by atoms with Crippen LogP contribution in [0.15, 0.2) is 34.0 Å². The molecule has 0 bridgehead atoms. The molecule has 2 N–H and O–H groups in total. The van der Waals surface area contributed by atoms with Gasteiger partial charge in [0, 0.05) is 0 Å². The monoisotopic (exact) mass is 336 g/mol. The summed E-state index contributed by atoms with van der Waals surface area (Å²) in [5.41, 5.74) is 1.17. The maximum atomic E-state index is 12.5. The first-order chi connectivity index (χ1) is 10.3. The van der Waals surface area contributed by atoms with Gasteiger partial charge in [0.15, 0.2) is 5.52 Å². The number of primary sulfonamides is 1. The fourth-order valence-electron chi connectivity index (χ4n) is 2.11. The van der Waals surface area contributed by atoms with Crippen LogP contribution < -0.4 is 10.7 Å². The van der Waals surface area contributed by atoms with Crippen LogP contribution in [0.25, 0.3) is 15.9 Å². The predicted octanol–water partition coefficient (Wildman–Crippen LogP) is 1.11. The minimum atomic E-state index is -3.77. The van der Waals surface area contributed by atoms with Gasteiger partial charge < -0.3 is 0 Å². The van der Waals surface area contributed by atoms with Gasteiger partial charge in [0.2, 0.25) is 10.0 Å². The molecule has 0 saturated heterocycles. The SMILES string of the molecule is Cc1nc2c(=O)n(-c3ccc(S(N)(=O)=O)cc3)nc(C)c2s1. The van der Waals surface area contributed by atoms with E-state index in [0.29, 0.717) is 16.9 Å². The topological polar surface area (TPSA) is 108 Å². The van der Waals surface area contributed by atoms with Gasteiger partial charge in [0.05, 0.1) is 26.0 Å². The molecule has 0 spiro atoms. The average molecular weight is 336 g/mol. The van der Waals surface area contributed by atoms with Gasteiger partial charge >= 0.3 is 0 Å². The molecule has 2 aromatic heterocycles. The zero-order valence-electron chi connectivity index (χ0n) is 11.8. The number of nitrogens with zero attached hydrogens (tertiary/aromatic N) is 3. The van der Waals surface area contributed by atoms with Crippen LogP contribution in [-0.4, -0.2) is 23.2 Å². The molecule has 114 valence electrons. The summed E-state index contributed by atoms with van der Waals surface area (Å²) in [4.78, 5) is 16.7. The van der Waals surface area contributed by atoms with Crippen molar-refractivity contribution in [3.05, 3.63) is 45.3 Å². The molecule has 0 amide bonds. The summed E-state index contributed by atoms with van der Waals surface area (Å²) in [6.07, 6.45) is 0. The molecule has 22 heavy (non-hydrogen) atoms. The third-order valence-electron chi connectivity index (χ3n) is 3.12. The number of rotatable bonds is 2. The number of benzene rings is 1. The molecule has 0 unspecified atom stereocenters. The Balaban J connectivity index is 2.22. The molecule has 0 aliphatic heterocycles. The summed E-state index contributed by atoms with van der Waals surface area (Å²) in [7, 11) is -3.77. The smallest absolute Gasteiger partial charge is 0.265 e. The van der Waals surface area contributed by atoms with Crippen LogP contribution in [0.1, 0.15) is 10.7 Å². The van der Waals surface area contributed by atoms with Crippen LogP contribution in [0, 0.1) is 13.8 Å². The van der Waals surface area contributed by atoms with Gasteiger partial charge in [-0.3, -0.25) is 4.79 Å². The average Bonchev–Trinajstić information content (AvgIpc) is 2.85. The minimum Gasteiger partial charge on any atom is -0.265 e. The number of sulfonamides is 1. The van der Waals surface area contributed by atoms with E-state index >= 15 is 0 Å². The highest BCUT2D eigenvalue weighted by molar-refractivity contribution is 7.89. The number of hydrogen-bond acceptors (Lipinski definition) is 6. The Labute approximate surface area is 130 Å². The Morgan fingerprint density at radius 1 is 1.18 bits per heavy atom. The molecule has 1 aromatic carbocycles. The number of nitrogens with two attached hydrogens (primary N) is 1. The Morgan fingerprint density at radius 3 is 2.41 bits per heavy atom. The quantitative estimate of drug-likeness (QED) is 0.754. The van der Waals surface area contributed by atoms with Gasteiger partial charge in [-0.25, -0.2) is 18.5 Å². The number of fused-ring (bicyclic) bond motifs is 1. The normalized spacial score (nSPS) is 12.0. The van der Waals surface area contributed by atoms with Crippen LogP contribution in [0.4, 0.5) is 0 Å². The highest BCUT2D eigenvalue weighted by atomic mass is 32.2. The standard InChI is InChI=1S/C13H12N4O3S2/c1-7-12-11(15-8(2)21-12)13(18)17(16-7)9-3-5-10(6-4-9)22(14,19)20/h3-6H,1-2H3,(H2,14,19,20). The van der Waals surface area contributed by atoms with Crippen LogP contribution >= 0.6 is 11.3 Å². The zero-order valence-corrected chi connectivity index (χ0v) is 13.4. The fraction of sp³-hybridized carbons (Fsp3) is 0.154. The van der Waals surface area contributed by atoms with E-state index in [1.54, 1.807) is 6.92 Å². The molecular weight excluding hydrogens is 324 g/mol. The summed E-state index contributed by atoms with van der Waals surface area (Å²) >= 11 is 1.42. The largest absolute Gasteiger partial charge is 0.298 e. The number of aryl methyl sites for hydroxylation is 2. The summed E-state index contributed by atoms with van der Waals surface area (Å²) < 4.78 is 24.5. The highest BCUT2D eigenvalue weighted by Gasteiger charge is 2.14. The van der Waals surface area contributed by atoms with E-state index in [-0.39, 0.29) is 10.5 Å². The third kappa shape index (κ3) is 2.43. The third-order valence-corrected chi connectivity index (χ3v) is 5.13. The van der Waals surface area contributed by atoms with Crippen molar-refractivity contribution in [2.45, 2.75) is 18.7 Å². The Kier molecular flexibility index (Phi) is 3.35. The van der Waals surface area contributed by atoms with E-state index in [1.807, 2.05) is 6.92 Å². The Bertz CT molecular complexity index is 1030. The second-order valence-corrected chi connectivity index (χ2v) is 7.52. The van der Waals surface area contributed by atoms with Gasteiger partial charge in [-0.2, -0.15) is 9.78 Å². The second kappa shape index (κ2) is 4.97. The Morgan fingerprint density at radius 2 is 1.82 bits per heavy atom. The van der Waals surface area contributed by atoms with Gasteiger partial charge in [-0.15, -0.1) is 11.3 Å². The van der Waals surface area contributed by atoms with Crippen molar-refractivity contribution in [3.8, 4) is 5.69 Å². The van der Waals surface area contributed by atoms with E-state index in [2.05, 4.69) is 10.1 Å². The summed E-state index contributed by atoms with van der Waals surface area (Å²) in [5, 5.41) is 10.1. The lowest BCUT2D eigenvalue weighted by Gasteiger charge is -2.06. The molecule has 0 aliphatic carbocycles. The zero-order chi connectivity index (χ0) is 16.1. The van der Waals surface area contributed by atoms with E-state index < -0.39 is 10.0 Å². The van der Waals surface area contributed by atoms with Crippen molar-refractivity contribution in [1.82, 2.24) is 14.8 Å². The first-order valence-corrected chi connectivity index (χ1v) is 8.64. The maximum Gasteiger partial charge on any atom is 0.298 e. The molecule has 7 nitrogen and oxygen atoms in total. The maximum absolute atomic E-state index is 12.5. The van der Waals surface area contributed by atoms with Gasteiger partial charge in [0.25, 0.3) is 5.56 Å². The lowest BCUT2D eigenvalue weighted by atomic mass is 10.3. The summed E-state index contributed by atoms with van der Waals surface area (Å²) in [6, 6.07) is 5.65. The summed E-state index contributed by atoms with van der Waals surface area (Å²) in [6.45, 7) is 3.63. The van der Waals surface area contributed by atoms with Crippen LogP contribution in [-0.2, 0) is 10.0 Å². The molecule has 0 radical (unpaired) electrons. The first kappa shape index (κ1) is 14.8. The van der Waals surface area contributed by atoms with E-state index in [1.165, 1.54) is 40.3 Å². The molecule has 0 atom stereocenters. The molecule has 3 rings (SSSR count). The number of thiazole rings is 1. The van der Waals surface area contributed by atoms with Crippen molar-refractivity contribution < 1.29 is 8.42 Å². The van der Waals surface area contributed by atoms with Crippen LogP contribution in [0.3, 0.4) is 0 Å². The van der Waals surface area contributed by atoms with Gasteiger partial charge in [-0.05, 0) is 38.1 Å². The lowest BCUT2D eigenvalue weighted by molar-refractivity contribution is 0.597. The van der Waals surface area contributed by atoms with Crippen LogP contribution in [0.5, 0.6) is 0 Å². The molecule has 0 fully saturated rings. The van der Waals surface area contributed by atoms with Crippen molar-refractivity contribution in [1.29, 1.82) is 0 Å². The van der Waals surface area contributed by atoms with Crippen molar-refractivity contribution >= 4 is 31.6 Å². The van der Waals surface area contributed by atoms with E-state index in [9.17, 15) is 13.2 Å². The highest BCUT2D eigenvalue weighted by Crippen LogP contribution is 2.21. The first-order valence-electron chi connectivity index (χ1n) is 6.27. The lowest BCUT2D eigenvalue weighted by Crippen LogP contribution is -2.22. The molecule has 2 heterocycles. The minimum absolute atomic E-state index is 0.0217. The molecule has 0 saturated carbocycles. The Hall–Kier alpha value is -2.10. The van der Waals surface area contributed by atoms with Crippen molar-refractivity contribution in [2.24, 2.45) is 5.14 Å². The predicted molar refractivity (Wildman–Crippen MR) is 83.9 cm³/mol. The second-order valence-electron chi connectivity index (χ2n) is 4.75. The number of aromatic nitrogens is 3. The fourth-order valence-corrected chi connectivity index (χ4v) is 3.48. The van der Waals surface area contributed by atoms with E-state index in [4.69, 9.17) is 5.14 Å². The number of hydrogen-bond donors (Lipinski definition) is 1. The molecule has 3 aromatic rings. The molecule has 0 aliphatic rings. The van der Waals surface area contributed by atoms with Crippen molar-refractivity contribution in [3.63, 3.8) is 0 Å². The summed E-state index contributed by atoms with van der Waals surface area (Å²) in [5.74, 6) is 0.